The number of ether oxygens (including phenoxy) is 1. The molecule has 0 unspecified atom stereocenters. The second-order valence-corrected chi connectivity index (χ2v) is 8.32. The van der Waals surface area contributed by atoms with Gasteiger partial charge in [0.1, 0.15) is 5.75 Å². The fraction of sp³-hybridized carbons (Fsp3) is 0.350. The summed E-state index contributed by atoms with van der Waals surface area (Å²) in [5.41, 5.74) is 2.63. The smallest absolute Gasteiger partial charge is 0.225 e. The van der Waals surface area contributed by atoms with E-state index in [1.54, 1.807) is 7.11 Å². The van der Waals surface area contributed by atoms with Gasteiger partial charge in [-0.2, -0.15) is 0 Å². The van der Waals surface area contributed by atoms with E-state index in [2.05, 4.69) is 5.32 Å². The lowest BCUT2D eigenvalue weighted by atomic mass is 10.1. The minimum absolute atomic E-state index is 0.0906. The Hall–Kier alpha value is -2.38. The second-order valence-electron chi connectivity index (χ2n) is 6.34. The number of benzene rings is 2. The van der Waals surface area contributed by atoms with Gasteiger partial charge in [0.15, 0.2) is 0 Å². The van der Waals surface area contributed by atoms with Gasteiger partial charge in [0, 0.05) is 25.2 Å². The lowest BCUT2D eigenvalue weighted by Crippen LogP contribution is -2.34. The number of hydrogen-bond donors (Lipinski definition) is 1. The molecule has 0 saturated carbocycles. The van der Waals surface area contributed by atoms with Crippen molar-refractivity contribution in [2.45, 2.75) is 19.8 Å². The molecule has 0 saturated heterocycles. The first-order chi connectivity index (χ1) is 12.8. The van der Waals surface area contributed by atoms with Gasteiger partial charge >= 0.3 is 0 Å². The first-order valence-electron chi connectivity index (χ1n) is 8.73. The minimum Gasteiger partial charge on any atom is -0.496 e. The van der Waals surface area contributed by atoms with Crippen molar-refractivity contribution in [1.29, 1.82) is 0 Å². The van der Waals surface area contributed by atoms with Crippen LogP contribution in [-0.2, 0) is 21.2 Å². The Labute approximate surface area is 161 Å². The van der Waals surface area contributed by atoms with Crippen molar-refractivity contribution < 1.29 is 17.9 Å². The number of anilines is 1. The van der Waals surface area contributed by atoms with Crippen LogP contribution in [0.15, 0.2) is 48.5 Å². The van der Waals surface area contributed by atoms with Gasteiger partial charge in [-0.15, -0.1) is 0 Å². The molecule has 0 heterocycles. The number of para-hydroxylation sites is 2. The molecule has 0 spiro atoms. The molecule has 27 heavy (non-hydrogen) atoms. The molecular formula is C20H26N2O4S. The normalized spacial score (nSPS) is 11.4. The van der Waals surface area contributed by atoms with Crippen molar-refractivity contribution >= 4 is 21.6 Å². The molecule has 1 N–H and O–H groups in total. The number of nitrogens with one attached hydrogen (secondary N) is 1. The summed E-state index contributed by atoms with van der Waals surface area (Å²) in [6.45, 7) is 2.33. The third-order valence-electron chi connectivity index (χ3n) is 4.30. The van der Waals surface area contributed by atoms with E-state index in [1.807, 2.05) is 55.5 Å². The predicted molar refractivity (Wildman–Crippen MR) is 108 cm³/mol. The average molecular weight is 391 g/mol. The van der Waals surface area contributed by atoms with Gasteiger partial charge in [0.05, 0.1) is 13.4 Å². The third-order valence-corrected chi connectivity index (χ3v) is 5.60. The van der Waals surface area contributed by atoms with E-state index in [-0.39, 0.29) is 25.4 Å². The van der Waals surface area contributed by atoms with Crippen molar-refractivity contribution in [3.05, 3.63) is 59.7 Å². The number of aryl methyl sites for hydroxylation is 1. The molecule has 0 atom stereocenters. The maximum Gasteiger partial charge on any atom is 0.225 e. The SMILES string of the molecule is COc1ccccc1CCN(CCC(=O)Nc1ccccc1C)S(C)(=O)=O. The standard InChI is InChI=1S/C20H26N2O4S/c1-16-8-4-6-10-18(16)21-20(23)13-15-22(27(3,24)25)14-12-17-9-5-7-11-19(17)26-2/h4-11H,12-15H2,1-3H3,(H,21,23). The van der Waals surface area contributed by atoms with Crippen LogP contribution in [0, 0.1) is 6.92 Å². The molecule has 6 nitrogen and oxygen atoms in total. The fourth-order valence-electron chi connectivity index (χ4n) is 2.75. The fourth-order valence-corrected chi connectivity index (χ4v) is 3.60. The van der Waals surface area contributed by atoms with Gasteiger partial charge in [-0.1, -0.05) is 36.4 Å². The van der Waals surface area contributed by atoms with E-state index < -0.39 is 10.0 Å². The summed E-state index contributed by atoms with van der Waals surface area (Å²) in [7, 11) is -1.83. The molecular weight excluding hydrogens is 364 g/mol. The number of sulfonamides is 1. The minimum atomic E-state index is -3.42. The van der Waals surface area contributed by atoms with Gasteiger partial charge in [0.2, 0.25) is 15.9 Å². The number of carbonyl (C=O) groups is 1. The molecule has 146 valence electrons. The van der Waals surface area contributed by atoms with Gasteiger partial charge in [-0.05, 0) is 36.6 Å². The molecule has 0 radical (unpaired) electrons. The summed E-state index contributed by atoms with van der Waals surface area (Å²) in [6, 6.07) is 15.0. The largest absolute Gasteiger partial charge is 0.496 e. The highest BCUT2D eigenvalue weighted by molar-refractivity contribution is 7.88. The van der Waals surface area contributed by atoms with Gasteiger partial charge < -0.3 is 10.1 Å². The lowest BCUT2D eigenvalue weighted by molar-refractivity contribution is -0.116. The molecule has 0 fully saturated rings. The molecule has 2 rings (SSSR count). The summed E-state index contributed by atoms with van der Waals surface area (Å²) in [5, 5.41) is 2.83. The van der Waals surface area contributed by atoms with Crippen LogP contribution in [-0.4, -0.2) is 45.1 Å². The quantitative estimate of drug-likeness (QED) is 0.714. The molecule has 1 amide bonds. The van der Waals surface area contributed by atoms with Crippen LogP contribution in [0.25, 0.3) is 0 Å². The Balaban J connectivity index is 1.97. The number of methoxy groups -OCH3 is 1. The van der Waals surface area contributed by atoms with Crippen molar-refractivity contribution in [1.82, 2.24) is 4.31 Å². The maximum absolute atomic E-state index is 12.2. The molecule has 0 aliphatic rings. The molecule has 0 aliphatic carbocycles. The topological polar surface area (TPSA) is 75.7 Å². The molecule has 0 bridgehead atoms. The molecule has 0 aromatic heterocycles. The highest BCUT2D eigenvalue weighted by Gasteiger charge is 2.18. The third kappa shape index (κ3) is 6.37. The first kappa shape index (κ1) is 20.9. The lowest BCUT2D eigenvalue weighted by Gasteiger charge is -2.20. The number of amides is 1. The Kier molecular flexibility index (Phi) is 7.38. The van der Waals surface area contributed by atoms with E-state index in [4.69, 9.17) is 4.74 Å². The van der Waals surface area contributed by atoms with Crippen molar-refractivity contribution in [3.8, 4) is 5.75 Å². The van der Waals surface area contributed by atoms with Crippen LogP contribution in [0.4, 0.5) is 5.69 Å². The van der Waals surface area contributed by atoms with Crippen molar-refractivity contribution in [2.75, 3.05) is 31.8 Å². The predicted octanol–water partition coefficient (Wildman–Crippen LogP) is 2.84. The van der Waals surface area contributed by atoms with Crippen molar-refractivity contribution in [3.63, 3.8) is 0 Å². The molecule has 0 aliphatic heterocycles. The Morgan fingerprint density at radius 3 is 2.41 bits per heavy atom. The summed E-state index contributed by atoms with van der Waals surface area (Å²) in [5.74, 6) is 0.512. The summed E-state index contributed by atoms with van der Waals surface area (Å²) < 4.78 is 30.8. The van der Waals surface area contributed by atoms with E-state index in [0.717, 1.165) is 28.8 Å². The van der Waals surface area contributed by atoms with Crippen molar-refractivity contribution in [2.24, 2.45) is 0 Å². The Morgan fingerprint density at radius 1 is 1.07 bits per heavy atom. The van der Waals surface area contributed by atoms with E-state index in [9.17, 15) is 13.2 Å². The zero-order chi connectivity index (χ0) is 19.9. The van der Waals surface area contributed by atoms with Crippen LogP contribution >= 0.6 is 0 Å². The number of carbonyl (C=O) groups excluding carboxylic acids is 1. The van der Waals surface area contributed by atoms with E-state index in [0.29, 0.717) is 6.42 Å². The van der Waals surface area contributed by atoms with Gasteiger partial charge in [-0.3, -0.25) is 4.79 Å². The summed E-state index contributed by atoms with van der Waals surface area (Å²) in [4.78, 5) is 12.2. The summed E-state index contributed by atoms with van der Waals surface area (Å²) >= 11 is 0. The van der Waals surface area contributed by atoms with E-state index in [1.165, 1.54) is 4.31 Å². The monoisotopic (exact) mass is 390 g/mol. The van der Waals surface area contributed by atoms with Crippen LogP contribution in [0.5, 0.6) is 5.75 Å². The summed E-state index contributed by atoms with van der Waals surface area (Å²) in [6.07, 6.45) is 1.76. The second kappa shape index (κ2) is 9.53. The van der Waals surface area contributed by atoms with Crippen LogP contribution < -0.4 is 10.1 Å². The van der Waals surface area contributed by atoms with Gasteiger partial charge in [0.25, 0.3) is 0 Å². The molecule has 7 heteroatoms. The highest BCUT2D eigenvalue weighted by atomic mass is 32.2. The average Bonchev–Trinajstić information content (AvgIpc) is 2.62. The zero-order valence-corrected chi connectivity index (χ0v) is 16.8. The molecule has 2 aromatic carbocycles. The van der Waals surface area contributed by atoms with Crippen LogP contribution in [0.1, 0.15) is 17.5 Å². The molecule has 2 aromatic rings. The number of rotatable bonds is 9. The van der Waals surface area contributed by atoms with Crippen LogP contribution in [0.2, 0.25) is 0 Å². The highest BCUT2D eigenvalue weighted by Crippen LogP contribution is 2.19. The Morgan fingerprint density at radius 2 is 1.74 bits per heavy atom. The number of hydrogen-bond acceptors (Lipinski definition) is 4. The number of nitrogens with zero attached hydrogens (tertiary/aromatic N) is 1. The Bertz CT molecular complexity index is 881. The van der Waals surface area contributed by atoms with Gasteiger partial charge in [-0.25, -0.2) is 12.7 Å². The first-order valence-corrected chi connectivity index (χ1v) is 10.6. The maximum atomic E-state index is 12.2. The zero-order valence-electron chi connectivity index (χ0n) is 15.9. The van der Waals surface area contributed by atoms with Crippen LogP contribution in [0.3, 0.4) is 0 Å². The van der Waals surface area contributed by atoms with E-state index >= 15 is 0 Å².